The van der Waals surface area contributed by atoms with Crippen molar-refractivity contribution >= 4 is 70.9 Å². The smallest absolute Gasteiger partial charge is 0.379 e. The van der Waals surface area contributed by atoms with Gasteiger partial charge in [-0.3, -0.25) is 57.5 Å². The lowest BCUT2D eigenvalue weighted by Gasteiger charge is -2.46. The predicted molar refractivity (Wildman–Crippen MR) is 383 cm³/mol. The molecule has 4 aliphatic carbocycles. The Labute approximate surface area is 630 Å². The van der Waals surface area contributed by atoms with Crippen LogP contribution in [0.2, 0.25) is 0 Å². The van der Waals surface area contributed by atoms with Crippen molar-refractivity contribution in [1.29, 1.82) is 0 Å². The number of halogens is 8. The molecule has 2 aliphatic heterocycles. The van der Waals surface area contributed by atoms with E-state index in [1.807, 2.05) is 6.92 Å². The summed E-state index contributed by atoms with van der Waals surface area (Å²) in [6.07, 6.45) is -8.22. The van der Waals surface area contributed by atoms with Crippen LogP contribution in [-0.4, -0.2) is 283 Å². The molecular weight excluding hydrogens is 1430 g/mol. The van der Waals surface area contributed by atoms with Gasteiger partial charge >= 0.3 is 12.4 Å². The van der Waals surface area contributed by atoms with Gasteiger partial charge < -0.3 is 65.2 Å². The Kier molecular flexibility index (Phi) is 32.5. The first-order chi connectivity index (χ1) is 50.5. The second-order valence-electron chi connectivity index (χ2n) is 31.6. The van der Waals surface area contributed by atoms with Crippen LogP contribution in [0.5, 0.6) is 0 Å². The Hall–Kier alpha value is -7.22. The predicted octanol–water partition coefficient (Wildman–Crippen LogP) is 6.59. The molecule has 612 valence electrons. The summed E-state index contributed by atoms with van der Waals surface area (Å²) in [6, 6.07) is -9.03. The van der Waals surface area contributed by atoms with Crippen LogP contribution in [0.4, 0.5) is 35.1 Å². The van der Waals surface area contributed by atoms with Gasteiger partial charge in [0.15, 0.2) is 0 Å². The molecule has 6 aliphatic rings. The summed E-state index contributed by atoms with van der Waals surface area (Å²) < 4.78 is 117. The van der Waals surface area contributed by atoms with E-state index in [0.717, 1.165) is 24.5 Å². The van der Waals surface area contributed by atoms with Crippen LogP contribution in [0.25, 0.3) is 0 Å². The fourth-order valence-electron chi connectivity index (χ4n) is 16.5. The highest BCUT2D eigenvalue weighted by Crippen LogP contribution is 2.46. The third-order valence-electron chi connectivity index (χ3n) is 23.9. The highest BCUT2D eigenvalue weighted by atomic mass is 19.4. The Morgan fingerprint density at radius 2 is 1.31 bits per heavy atom. The molecule has 0 radical (unpaired) electrons. The minimum absolute atomic E-state index is 0.0118. The normalized spacial score (nSPS) is 25.6. The van der Waals surface area contributed by atoms with Gasteiger partial charge in [-0.2, -0.15) is 26.3 Å². The third kappa shape index (κ3) is 22.3. The van der Waals surface area contributed by atoms with Crippen LogP contribution in [0.15, 0.2) is 12.2 Å². The molecule has 5 fully saturated rings. The number of carbonyl (C=O) groups is 12. The Bertz CT molecular complexity index is 3170. The summed E-state index contributed by atoms with van der Waals surface area (Å²) in [6.45, 7) is 9.08. The number of ether oxygens (including phenoxy) is 1. The molecular formula is C75H118F8N12O13. The van der Waals surface area contributed by atoms with E-state index in [4.69, 9.17) is 10.5 Å². The maximum Gasteiger partial charge on any atom is 0.397 e. The first-order valence-corrected chi connectivity index (χ1v) is 38.5. The van der Waals surface area contributed by atoms with Crippen LogP contribution in [-0.2, 0) is 62.3 Å². The minimum atomic E-state index is -5.03. The molecule has 1 saturated heterocycles. The number of hydrogen-bond acceptors (Lipinski definition) is 13. The summed E-state index contributed by atoms with van der Waals surface area (Å²) in [7, 11) is 9.61. The molecule has 0 aromatic carbocycles. The molecule has 4 N–H and O–H groups in total. The molecule has 25 nitrogen and oxygen atoms in total. The van der Waals surface area contributed by atoms with Crippen molar-refractivity contribution in [2.45, 2.75) is 249 Å². The molecule has 12 atom stereocenters. The van der Waals surface area contributed by atoms with Crippen molar-refractivity contribution in [3.8, 4) is 0 Å². The SMILES string of the molecule is CCOC[C@@H](C(=O)N[C@H](C(=O)N(C)CC(=O)N(C)[C@H]1C/C=C\CCN([C@@H](CC2CCC(C(F)(F)F)CC2)C(=O)N(C)CC(N)=O)C1=O)[C@@H](C)CC)N(C)C(=O)C[C@@H](C(=O)N(C)CC)N(C)C(=O)[C@H](C1CCCC1)N(C)C(=O)C1(NC(=O)[C@@H]2C[C@H](C)CN2C(=O)[C@@H](C)CCC2CC(F)C(C(F)(F)F)C(F)C2)CCC1. The fourth-order valence-corrected chi connectivity index (χ4v) is 16.5. The molecule has 0 bridgehead atoms. The van der Waals surface area contributed by atoms with Crippen molar-refractivity contribution in [1.82, 2.24) is 54.7 Å². The zero-order valence-corrected chi connectivity index (χ0v) is 65.2. The molecule has 6 rings (SSSR count). The fraction of sp³-hybridized carbons (Fsp3) is 0.813. The molecule has 33 heteroatoms. The van der Waals surface area contributed by atoms with Crippen LogP contribution in [0.1, 0.15) is 176 Å². The molecule has 0 aromatic heterocycles. The highest BCUT2D eigenvalue weighted by molar-refractivity contribution is 6.00. The lowest BCUT2D eigenvalue weighted by molar-refractivity contribution is -0.219. The number of likely N-dealkylation sites (tertiary alicyclic amines) is 1. The summed E-state index contributed by atoms with van der Waals surface area (Å²) in [5.41, 5.74) is 3.93. The molecule has 0 aromatic rings. The minimum Gasteiger partial charge on any atom is -0.379 e. The number of nitrogens with zero attached hydrogens (tertiary/aromatic N) is 9. The first-order valence-electron chi connectivity index (χ1n) is 38.5. The molecule has 0 spiro atoms. The maximum absolute atomic E-state index is 15.5. The Morgan fingerprint density at radius 1 is 0.704 bits per heavy atom. The van der Waals surface area contributed by atoms with Gasteiger partial charge in [0.25, 0.3) is 0 Å². The largest absolute Gasteiger partial charge is 0.397 e. The van der Waals surface area contributed by atoms with Gasteiger partial charge in [-0.1, -0.05) is 59.1 Å². The van der Waals surface area contributed by atoms with E-state index in [2.05, 4.69) is 10.6 Å². The van der Waals surface area contributed by atoms with E-state index >= 15 is 9.59 Å². The second-order valence-corrected chi connectivity index (χ2v) is 31.6. The van der Waals surface area contributed by atoms with Crippen LogP contribution in [0, 0.1) is 47.3 Å². The van der Waals surface area contributed by atoms with Crippen molar-refractivity contribution < 1.29 is 97.4 Å². The molecule has 108 heavy (non-hydrogen) atoms. The van der Waals surface area contributed by atoms with Crippen LogP contribution in [0.3, 0.4) is 0 Å². The van der Waals surface area contributed by atoms with E-state index in [1.54, 1.807) is 46.8 Å². The van der Waals surface area contributed by atoms with Crippen LogP contribution >= 0.6 is 0 Å². The highest BCUT2D eigenvalue weighted by Gasteiger charge is 2.56. The number of hydrogen-bond donors (Lipinski definition) is 3. The Balaban J connectivity index is 1.16. The van der Waals surface area contributed by atoms with Crippen molar-refractivity contribution in [3.63, 3.8) is 0 Å². The van der Waals surface area contributed by atoms with Crippen molar-refractivity contribution in [2.75, 3.05) is 95.3 Å². The third-order valence-corrected chi connectivity index (χ3v) is 23.9. The van der Waals surface area contributed by atoms with E-state index in [0.29, 0.717) is 38.5 Å². The number of amides is 12. The lowest BCUT2D eigenvalue weighted by Crippen LogP contribution is -2.68. The zero-order valence-electron chi connectivity index (χ0n) is 65.2. The summed E-state index contributed by atoms with van der Waals surface area (Å²) in [4.78, 5) is 185. The number of rotatable bonds is 33. The number of alkyl halides is 8. The standard InChI is InChI=1S/C75H118F8N12O13/c1-14-45(5)62(70(105)89(9)42-60(98)90(10)53-25-18-17-21-34-94(69(53)104)56(68(103)88(8)41-58(84)96)38-47-28-30-50(31-29-47)74(78,79)80)85-64(99)57(43-108-16-3)91(11)59(97)39-55(67(102)87(7)15-2)92(12)71(106)63(49-23-19-20-24-49)93(13)72(107)73(32-22-33-73)86-65(100)54-35-44(4)40-95(54)66(101)46(6)26-27-48-36-51(76)61(52(77)37-48)75(81,82)83/h17-18,44-57,61-63H,14-16,19-43H2,1-13H3,(H2,84,96)(H,85,99)(H,86,100)/b18-17-/t44-,45-,46-,47?,48?,50?,51?,52?,53-,54-,55-,56-,57-,61?,62-,63-/m0/s1. The van der Waals surface area contributed by atoms with Crippen molar-refractivity contribution in [2.24, 2.45) is 53.1 Å². The average Bonchev–Trinajstić information content (AvgIpc) is 1.60. The summed E-state index contributed by atoms with van der Waals surface area (Å²) in [5, 5.41) is 5.76. The van der Waals surface area contributed by atoms with E-state index < -0.39 is 218 Å². The quantitative estimate of drug-likeness (QED) is 0.0462. The van der Waals surface area contributed by atoms with E-state index in [9.17, 15) is 83.1 Å². The lowest BCUT2D eigenvalue weighted by atomic mass is 9.74. The zero-order chi connectivity index (χ0) is 80.8. The topological polar surface area (TPSA) is 293 Å². The van der Waals surface area contributed by atoms with Gasteiger partial charge in [-0.25, -0.2) is 8.78 Å². The Morgan fingerprint density at radius 3 is 1.86 bits per heavy atom. The number of carbonyl (C=O) groups excluding carboxylic acids is 12. The van der Waals surface area contributed by atoms with Gasteiger partial charge in [-0.05, 0) is 153 Å². The van der Waals surface area contributed by atoms with E-state index in [-0.39, 0.29) is 115 Å². The summed E-state index contributed by atoms with van der Waals surface area (Å²) >= 11 is 0. The monoisotopic (exact) mass is 1550 g/mol. The van der Waals surface area contributed by atoms with Gasteiger partial charge in [0, 0.05) is 81.5 Å². The number of nitrogens with two attached hydrogens (primary N) is 1. The molecule has 12 amide bonds. The number of primary amides is 1. The number of likely N-dealkylation sites (N-methyl/N-ethyl adjacent to an activating group) is 7. The average molecular weight is 1550 g/mol. The van der Waals surface area contributed by atoms with Gasteiger partial charge in [0.1, 0.15) is 66.1 Å². The molecule has 2 heterocycles. The van der Waals surface area contributed by atoms with Gasteiger partial charge in [0.2, 0.25) is 70.9 Å². The van der Waals surface area contributed by atoms with Gasteiger partial charge in [0.05, 0.1) is 32.0 Å². The summed E-state index contributed by atoms with van der Waals surface area (Å²) in [5.74, 6) is -15.5. The molecule has 4 saturated carbocycles. The maximum atomic E-state index is 15.5. The number of nitrogens with one attached hydrogen (secondary N) is 2. The second kappa shape index (κ2) is 39.1. The first kappa shape index (κ1) is 89.7. The van der Waals surface area contributed by atoms with Crippen LogP contribution < -0.4 is 16.4 Å². The van der Waals surface area contributed by atoms with Gasteiger partial charge in [-0.15, -0.1) is 0 Å². The van der Waals surface area contributed by atoms with Crippen molar-refractivity contribution in [3.05, 3.63) is 12.2 Å². The van der Waals surface area contributed by atoms with E-state index in [1.165, 1.54) is 68.9 Å². The molecule has 2 unspecified atom stereocenters.